The van der Waals surface area contributed by atoms with Gasteiger partial charge in [-0.15, -0.1) is 0 Å². The van der Waals surface area contributed by atoms with Crippen molar-refractivity contribution in [2.75, 3.05) is 33.3 Å². The maximum Gasteiger partial charge on any atom is 0.409 e. The Hall–Kier alpha value is -2.50. The minimum absolute atomic E-state index is 0.00242. The number of H-pyrrole nitrogens is 1. The van der Waals surface area contributed by atoms with Crippen LogP contribution in [-0.4, -0.2) is 60.1 Å². The van der Waals surface area contributed by atoms with Crippen molar-refractivity contribution in [3.63, 3.8) is 0 Å². The Balaban J connectivity index is 1.70. The quantitative estimate of drug-likeness (QED) is 0.868. The summed E-state index contributed by atoms with van der Waals surface area (Å²) < 4.78 is 4.69. The van der Waals surface area contributed by atoms with Crippen LogP contribution in [-0.2, 0) is 4.74 Å². The minimum Gasteiger partial charge on any atom is -0.453 e. The summed E-state index contributed by atoms with van der Waals surface area (Å²) in [6, 6.07) is 7.57. The van der Waals surface area contributed by atoms with Crippen LogP contribution >= 0.6 is 0 Å². The second-order valence-corrected chi connectivity index (χ2v) is 5.03. The molecule has 0 bridgehead atoms. The van der Waals surface area contributed by atoms with Crippen molar-refractivity contribution < 1.29 is 14.3 Å². The number of hydrogen-bond donors (Lipinski definition) is 1. The van der Waals surface area contributed by atoms with Crippen LogP contribution in [0.1, 0.15) is 10.4 Å². The second kappa shape index (κ2) is 5.47. The first kappa shape index (κ1) is 13.5. The lowest BCUT2D eigenvalue weighted by atomic mass is 10.1. The summed E-state index contributed by atoms with van der Waals surface area (Å²) in [5, 5.41) is 1.02. The van der Waals surface area contributed by atoms with E-state index in [0.29, 0.717) is 31.7 Å². The third-order valence-corrected chi connectivity index (χ3v) is 3.80. The van der Waals surface area contributed by atoms with E-state index in [-0.39, 0.29) is 12.0 Å². The van der Waals surface area contributed by atoms with Gasteiger partial charge >= 0.3 is 6.09 Å². The van der Waals surface area contributed by atoms with Crippen molar-refractivity contribution in [2.45, 2.75) is 0 Å². The first-order valence-electron chi connectivity index (χ1n) is 6.88. The van der Waals surface area contributed by atoms with Gasteiger partial charge < -0.3 is 19.5 Å². The molecule has 3 rings (SSSR count). The molecular weight excluding hydrogens is 270 g/mol. The molecular formula is C15H17N3O3. The zero-order valence-corrected chi connectivity index (χ0v) is 11.8. The Labute approximate surface area is 122 Å². The zero-order valence-electron chi connectivity index (χ0n) is 11.8. The molecule has 1 saturated heterocycles. The van der Waals surface area contributed by atoms with Crippen LogP contribution in [0.4, 0.5) is 4.79 Å². The summed E-state index contributed by atoms with van der Waals surface area (Å²) in [7, 11) is 1.37. The highest BCUT2D eigenvalue weighted by molar-refractivity contribution is 5.98. The lowest BCUT2D eigenvalue weighted by Crippen LogP contribution is -2.50. The molecule has 2 amide bonds. The molecule has 1 aromatic carbocycles. The topological polar surface area (TPSA) is 65.6 Å². The zero-order chi connectivity index (χ0) is 14.8. The predicted molar refractivity (Wildman–Crippen MR) is 78.2 cm³/mol. The Morgan fingerprint density at radius 2 is 1.81 bits per heavy atom. The lowest BCUT2D eigenvalue weighted by molar-refractivity contribution is 0.0600. The number of methoxy groups -OCH3 is 1. The molecule has 21 heavy (non-hydrogen) atoms. The normalized spacial score (nSPS) is 15.3. The summed E-state index contributed by atoms with van der Waals surface area (Å²) in [5.74, 6) is 0.00242. The SMILES string of the molecule is COC(=O)N1CCN(C(=O)c2ccc3[nH]ccc3c2)CC1. The van der Waals surface area contributed by atoms with Crippen LogP contribution in [0.15, 0.2) is 30.5 Å². The van der Waals surface area contributed by atoms with E-state index >= 15 is 0 Å². The highest BCUT2D eigenvalue weighted by Crippen LogP contribution is 2.16. The number of rotatable bonds is 1. The number of nitrogens with zero attached hydrogens (tertiary/aromatic N) is 2. The van der Waals surface area contributed by atoms with Crippen molar-refractivity contribution in [3.05, 3.63) is 36.0 Å². The van der Waals surface area contributed by atoms with Crippen molar-refractivity contribution in [2.24, 2.45) is 0 Å². The number of piperazine rings is 1. The highest BCUT2D eigenvalue weighted by atomic mass is 16.5. The predicted octanol–water partition coefficient (Wildman–Crippen LogP) is 1.69. The number of hydrogen-bond acceptors (Lipinski definition) is 3. The third-order valence-electron chi connectivity index (χ3n) is 3.80. The number of ether oxygens (including phenoxy) is 1. The highest BCUT2D eigenvalue weighted by Gasteiger charge is 2.25. The number of aromatic amines is 1. The molecule has 0 unspecified atom stereocenters. The fraction of sp³-hybridized carbons (Fsp3) is 0.333. The van der Waals surface area contributed by atoms with Crippen LogP contribution in [0.3, 0.4) is 0 Å². The molecule has 1 aromatic heterocycles. The van der Waals surface area contributed by atoms with Crippen LogP contribution in [0.2, 0.25) is 0 Å². The van der Waals surface area contributed by atoms with E-state index in [0.717, 1.165) is 10.9 Å². The van der Waals surface area contributed by atoms with Crippen LogP contribution in [0, 0.1) is 0 Å². The van der Waals surface area contributed by atoms with Gasteiger partial charge in [0, 0.05) is 48.8 Å². The van der Waals surface area contributed by atoms with Crippen molar-refractivity contribution in [1.29, 1.82) is 0 Å². The molecule has 0 aliphatic carbocycles. The molecule has 1 aliphatic rings. The molecule has 2 aromatic rings. The Bertz CT molecular complexity index is 672. The Kier molecular flexibility index (Phi) is 3.51. The lowest BCUT2D eigenvalue weighted by Gasteiger charge is -2.33. The molecule has 0 spiro atoms. The molecule has 1 aliphatic heterocycles. The molecule has 1 fully saturated rings. The van der Waals surface area contributed by atoms with E-state index in [4.69, 9.17) is 0 Å². The molecule has 6 heteroatoms. The molecule has 0 radical (unpaired) electrons. The van der Waals surface area contributed by atoms with E-state index in [1.165, 1.54) is 7.11 Å². The molecule has 0 saturated carbocycles. The summed E-state index contributed by atoms with van der Waals surface area (Å²) >= 11 is 0. The minimum atomic E-state index is -0.337. The number of carbonyl (C=O) groups excluding carboxylic acids is 2. The van der Waals surface area contributed by atoms with Gasteiger partial charge in [-0.25, -0.2) is 4.79 Å². The molecule has 6 nitrogen and oxygen atoms in total. The van der Waals surface area contributed by atoms with Gasteiger partial charge in [0.25, 0.3) is 5.91 Å². The maximum absolute atomic E-state index is 12.5. The summed E-state index contributed by atoms with van der Waals surface area (Å²) in [6.07, 6.45) is 1.52. The Morgan fingerprint density at radius 3 is 2.52 bits per heavy atom. The van der Waals surface area contributed by atoms with Crippen LogP contribution < -0.4 is 0 Å². The second-order valence-electron chi connectivity index (χ2n) is 5.03. The monoisotopic (exact) mass is 287 g/mol. The maximum atomic E-state index is 12.5. The van der Waals surface area contributed by atoms with Gasteiger partial charge in [-0.3, -0.25) is 4.79 Å². The molecule has 1 N–H and O–H groups in total. The summed E-state index contributed by atoms with van der Waals surface area (Å²) in [4.78, 5) is 30.4. The van der Waals surface area contributed by atoms with Gasteiger partial charge in [0.05, 0.1) is 7.11 Å². The fourth-order valence-corrected chi connectivity index (χ4v) is 2.59. The number of benzene rings is 1. The van der Waals surface area contributed by atoms with E-state index in [1.807, 2.05) is 30.5 Å². The van der Waals surface area contributed by atoms with Crippen molar-refractivity contribution >= 4 is 22.9 Å². The summed E-state index contributed by atoms with van der Waals surface area (Å²) in [6.45, 7) is 2.06. The molecule has 0 atom stereocenters. The van der Waals surface area contributed by atoms with Gasteiger partial charge in [-0.2, -0.15) is 0 Å². The first-order valence-corrected chi connectivity index (χ1v) is 6.88. The molecule has 2 heterocycles. The number of amides is 2. The van der Waals surface area contributed by atoms with E-state index < -0.39 is 0 Å². The number of aromatic nitrogens is 1. The van der Waals surface area contributed by atoms with Gasteiger partial charge in [0.1, 0.15) is 0 Å². The van der Waals surface area contributed by atoms with E-state index in [1.54, 1.807) is 9.80 Å². The average molecular weight is 287 g/mol. The molecule has 110 valence electrons. The Morgan fingerprint density at radius 1 is 1.10 bits per heavy atom. The fourth-order valence-electron chi connectivity index (χ4n) is 2.59. The van der Waals surface area contributed by atoms with Crippen LogP contribution in [0.5, 0.6) is 0 Å². The van der Waals surface area contributed by atoms with Crippen LogP contribution in [0.25, 0.3) is 10.9 Å². The number of carbonyl (C=O) groups is 2. The number of nitrogens with one attached hydrogen (secondary N) is 1. The standard InChI is InChI=1S/C15H17N3O3/c1-21-15(20)18-8-6-17(7-9-18)14(19)12-2-3-13-11(10-12)4-5-16-13/h2-5,10,16H,6-9H2,1H3. The van der Waals surface area contributed by atoms with Gasteiger partial charge in [0.15, 0.2) is 0 Å². The van der Waals surface area contributed by atoms with Gasteiger partial charge in [-0.05, 0) is 24.3 Å². The van der Waals surface area contributed by atoms with Crippen molar-refractivity contribution in [1.82, 2.24) is 14.8 Å². The number of fused-ring (bicyclic) bond motifs is 1. The third kappa shape index (κ3) is 2.56. The van der Waals surface area contributed by atoms with Gasteiger partial charge in [-0.1, -0.05) is 0 Å². The largest absolute Gasteiger partial charge is 0.453 e. The average Bonchev–Trinajstić information content (AvgIpc) is 3.01. The van der Waals surface area contributed by atoms with Gasteiger partial charge in [0.2, 0.25) is 0 Å². The van der Waals surface area contributed by atoms with E-state index in [9.17, 15) is 9.59 Å². The van der Waals surface area contributed by atoms with E-state index in [2.05, 4.69) is 9.72 Å². The smallest absolute Gasteiger partial charge is 0.409 e. The first-order chi connectivity index (χ1) is 10.2. The van der Waals surface area contributed by atoms with Crippen molar-refractivity contribution in [3.8, 4) is 0 Å². The summed E-state index contributed by atoms with van der Waals surface area (Å²) in [5.41, 5.74) is 1.69.